The van der Waals surface area contributed by atoms with E-state index in [2.05, 4.69) is 55.1 Å². The van der Waals surface area contributed by atoms with Crippen LogP contribution in [0.25, 0.3) is 10.4 Å². The van der Waals surface area contributed by atoms with Gasteiger partial charge in [0.2, 0.25) is 0 Å². The van der Waals surface area contributed by atoms with Crippen molar-refractivity contribution in [2.75, 3.05) is 0 Å². The summed E-state index contributed by atoms with van der Waals surface area (Å²) in [5.41, 5.74) is 11.4. The van der Waals surface area contributed by atoms with Crippen molar-refractivity contribution >= 4 is 0 Å². The van der Waals surface area contributed by atoms with Crippen molar-refractivity contribution in [3.05, 3.63) is 45.8 Å². The highest BCUT2D eigenvalue weighted by Crippen LogP contribution is 2.42. The summed E-state index contributed by atoms with van der Waals surface area (Å²) in [5.74, 6) is 0. The predicted octanol–water partition coefficient (Wildman–Crippen LogP) is 5.84. The normalized spacial score (nSPS) is 18.4. The third-order valence-corrected chi connectivity index (χ3v) is 4.98. The van der Waals surface area contributed by atoms with E-state index in [9.17, 15) is 0 Å². The van der Waals surface area contributed by atoms with Crippen molar-refractivity contribution < 1.29 is 0 Å². The van der Waals surface area contributed by atoms with E-state index in [-0.39, 0.29) is 11.0 Å². The maximum absolute atomic E-state index is 8.98. The first-order valence-corrected chi connectivity index (χ1v) is 7.71. The smallest absolute Gasteiger partial charge is 0.0738 e. The van der Waals surface area contributed by atoms with Crippen LogP contribution in [-0.4, -0.2) is 0 Å². The van der Waals surface area contributed by atoms with Crippen LogP contribution in [0.15, 0.2) is 29.4 Å². The Kier molecular flexibility index (Phi) is 4.39. The standard InChI is InChI=1S/C17H25N3/c1-4-16(2,3)14-9-8-10-15(13-14)17(19-20-18)11-6-5-7-12-17/h8-10,13H,4-7,11-12H2,1-3H3. The van der Waals surface area contributed by atoms with Crippen LogP contribution in [0.4, 0.5) is 0 Å². The third kappa shape index (κ3) is 2.83. The molecule has 0 heterocycles. The second-order valence-corrected chi connectivity index (χ2v) is 6.60. The van der Waals surface area contributed by atoms with Gasteiger partial charge in [-0.1, -0.05) is 69.4 Å². The molecule has 1 fully saturated rings. The van der Waals surface area contributed by atoms with Crippen molar-refractivity contribution in [2.24, 2.45) is 5.11 Å². The van der Waals surface area contributed by atoms with Gasteiger partial charge in [-0.2, -0.15) is 0 Å². The summed E-state index contributed by atoms with van der Waals surface area (Å²) in [5, 5.41) is 4.21. The minimum absolute atomic E-state index is 0.169. The number of nitrogens with zero attached hydrogens (tertiary/aromatic N) is 3. The molecular weight excluding hydrogens is 246 g/mol. The lowest BCUT2D eigenvalue weighted by atomic mass is 9.74. The molecule has 0 radical (unpaired) electrons. The molecule has 1 aliphatic carbocycles. The molecule has 20 heavy (non-hydrogen) atoms. The van der Waals surface area contributed by atoms with Crippen molar-refractivity contribution in [1.29, 1.82) is 0 Å². The molecule has 1 saturated carbocycles. The Morgan fingerprint density at radius 2 is 1.95 bits per heavy atom. The van der Waals surface area contributed by atoms with Crippen molar-refractivity contribution in [3.8, 4) is 0 Å². The minimum Gasteiger partial charge on any atom is -0.0826 e. The van der Waals surface area contributed by atoms with Gasteiger partial charge in [0.25, 0.3) is 0 Å². The van der Waals surface area contributed by atoms with E-state index in [1.54, 1.807) is 0 Å². The summed E-state index contributed by atoms with van der Waals surface area (Å²) < 4.78 is 0. The fourth-order valence-electron chi connectivity index (χ4n) is 3.10. The molecule has 108 valence electrons. The third-order valence-electron chi connectivity index (χ3n) is 4.98. The number of benzene rings is 1. The van der Waals surface area contributed by atoms with E-state index in [1.165, 1.54) is 17.5 Å². The lowest BCUT2D eigenvalue weighted by Crippen LogP contribution is -2.27. The molecule has 1 aromatic rings. The van der Waals surface area contributed by atoms with Crippen LogP contribution in [0, 0.1) is 0 Å². The molecule has 0 unspecified atom stereocenters. The van der Waals surface area contributed by atoms with Crippen LogP contribution in [0.2, 0.25) is 0 Å². The lowest BCUT2D eigenvalue weighted by molar-refractivity contribution is 0.301. The SMILES string of the molecule is CCC(C)(C)c1cccc(C2(N=[N+]=[N-])CCCCC2)c1. The molecule has 1 aromatic carbocycles. The monoisotopic (exact) mass is 271 g/mol. The van der Waals surface area contributed by atoms with Gasteiger partial charge in [-0.25, -0.2) is 0 Å². The Morgan fingerprint density at radius 1 is 1.25 bits per heavy atom. The number of hydrogen-bond donors (Lipinski definition) is 0. The molecule has 3 heteroatoms. The largest absolute Gasteiger partial charge is 0.0826 e. The van der Waals surface area contributed by atoms with Crippen LogP contribution in [-0.2, 0) is 11.0 Å². The Balaban J connectivity index is 2.44. The van der Waals surface area contributed by atoms with Crippen LogP contribution in [0.5, 0.6) is 0 Å². The first-order chi connectivity index (χ1) is 9.54. The molecule has 0 atom stereocenters. The summed E-state index contributed by atoms with van der Waals surface area (Å²) in [6.45, 7) is 6.76. The van der Waals surface area contributed by atoms with Gasteiger partial charge in [0.1, 0.15) is 0 Å². The van der Waals surface area contributed by atoms with E-state index < -0.39 is 0 Å². The number of rotatable bonds is 4. The fourth-order valence-corrected chi connectivity index (χ4v) is 3.10. The molecule has 3 nitrogen and oxygen atoms in total. The van der Waals surface area contributed by atoms with E-state index in [0.29, 0.717) is 0 Å². The average Bonchev–Trinajstić information content (AvgIpc) is 2.49. The van der Waals surface area contributed by atoms with Gasteiger partial charge in [0.15, 0.2) is 0 Å². The van der Waals surface area contributed by atoms with Crippen LogP contribution < -0.4 is 0 Å². The highest BCUT2D eigenvalue weighted by Gasteiger charge is 2.33. The molecular formula is C17H25N3. The Hall–Kier alpha value is -1.47. The van der Waals surface area contributed by atoms with Gasteiger partial charge >= 0.3 is 0 Å². The van der Waals surface area contributed by atoms with E-state index in [0.717, 1.165) is 32.1 Å². The van der Waals surface area contributed by atoms with Gasteiger partial charge in [-0.15, -0.1) is 0 Å². The van der Waals surface area contributed by atoms with Crippen molar-refractivity contribution in [3.63, 3.8) is 0 Å². The molecule has 0 amide bonds. The van der Waals surface area contributed by atoms with Crippen molar-refractivity contribution in [1.82, 2.24) is 0 Å². The predicted molar refractivity (Wildman–Crippen MR) is 83.7 cm³/mol. The summed E-state index contributed by atoms with van der Waals surface area (Å²) in [4.78, 5) is 3.14. The molecule has 0 spiro atoms. The second kappa shape index (κ2) is 5.88. The first-order valence-electron chi connectivity index (χ1n) is 7.71. The lowest BCUT2D eigenvalue weighted by Gasteiger charge is -2.34. The molecule has 0 bridgehead atoms. The van der Waals surface area contributed by atoms with Gasteiger partial charge in [-0.05, 0) is 41.3 Å². The van der Waals surface area contributed by atoms with Crippen LogP contribution >= 0.6 is 0 Å². The zero-order valence-corrected chi connectivity index (χ0v) is 12.9. The fraction of sp³-hybridized carbons (Fsp3) is 0.647. The first kappa shape index (κ1) is 14.9. The van der Waals surface area contributed by atoms with Crippen molar-refractivity contribution in [2.45, 2.75) is 70.3 Å². The zero-order valence-electron chi connectivity index (χ0n) is 12.9. The summed E-state index contributed by atoms with van der Waals surface area (Å²) in [6.07, 6.45) is 6.62. The molecule has 1 aliphatic rings. The topological polar surface area (TPSA) is 48.8 Å². The minimum atomic E-state index is -0.313. The molecule has 0 aromatic heterocycles. The Morgan fingerprint density at radius 3 is 2.55 bits per heavy atom. The Bertz CT molecular complexity index is 507. The summed E-state index contributed by atoms with van der Waals surface area (Å²) >= 11 is 0. The van der Waals surface area contributed by atoms with Crippen LogP contribution in [0.1, 0.15) is 70.4 Å². The van der Waals surface area contributed by atoms with E-state index >= 15 is 0 Å². The quantitative estimate of drug-likeness (QED) is 0.375. The van der Waals surface area contributed by atoms with Gasteiger partial charge in [0, 0.05) is 4.91 Å². The maximum atomic E-state index is 8.98. The van der Waals surface area contributed by atoms with Gasteiger partial charge in [-0.3, -0.25) is 0 Å². The highest BCUT2D eigenvalue weighted by molar-refractivity contribution is 5.34. The van der Waals surface area contributed by atoms with E-state index in [4.69, 9.17) is 5.53 Å². The van der Waals surface area contributed by atoms with Crippen LogP contribution in [0.3, 0.4) is 0 Å². The van der Waals surface area contributed by atoms with Gasteiger partial charge in [0.05, 0.1) is 5.54 Å². The molecule has 0 saturated heterocycles. The average molecular weight is 271 g/mol. The Labute approximate surface area is 122 Å². The second-order valence-electron chi connectivity index (χ2n) is 6.60. The number of hydrogen-bond acceptors (Lipinski definition) is 1. The maximum Gasteiger partial charge on any atom is 0.0738 e. The number of azide groups is 1. The summed E-state index contributed by atoms with van der Waals surface area (Å²) in [7, 11) is 0. The van der Waals surface area contributed by atoms with Gasteiger partial charge < -0.3 is 0 Å². The molecule has 0 aliphatic heterocycles. The molecule has 0 N–H and O–H groups in total. The highest BCUT2D eigenvalue weighted by atomic mass is 15.2. The molecule has 2 rings (SSSR count). The zero-order chi connectivity index (χ0) is 14.6. The summed E-state index contributed by atoms with van der Waals surface area (Å²) in [6, 6.07) is 8.71. The van der Waals surface area contributed by atoms with E-state index in [1.807, 2.05) is 0 Å².